The molecule has 2 heterocycles. The zero-order valence-corrected chi connectivity index (χ0v) is 15.1. The number of thioether (sulfide) groups is 1. The molecule has 1 amide bonds. The predicted octanol–water partition coefficient (Wildman–Crippen LogP) is 4.44. The van der Waals surface area contributed by atoms with Crippen molar-refractivity contribution < 1.29 is 14.3 Å². The summed E-state index contributed by atoms with van der Waals surface area (Å²) in [6.07, 6.45) is 6.99. The van der Waals surface area contributed by atoms with Crippen LogP contribution in [0.3, 0.4) is 0 Å². The number of rotatable bonds is 5. The predicted molar refractivity (Wildman–Crippen MR) is 104 cm³/mol. The summed E-state index contributed by atoms with van der Waals surface area (Å²) in [7, 11) is 0. The van der Waals surface area contributed by atoms with Gasteiger partial charge in [0.25, 0.3) is 0 Å². The molecule has 1 fully saturated rings. The molecular formula is C21H19NO3S. The summed E-state index contributed by atoms with van der Waals surface area (Å²) >= 11 is 1.59. The van der Waals surface area contributed by atoms with Crippen LogP contribution in [0, 0.1) is 0 Å². The summed E-state index contributed by atoms with van der Waals surface area (Å²) in [5.41, 5.74) is 2.30. The first-order valence-electron chi connectivity index (χ1n) is 8.61. The van der Waals surface area contributed by atoms with Crippen LogP contribution in [0.2, 0.25) is 0 Å². The summed E-state index contributed by atoms with van der Waals surface area (Å²) in [6.45, 7) is 0.736. The van der Waals surface area contributed by atoms with Crippen LogP contribution in [0.15, 0.2) is 66.1 Å². The molecule has 0 bridgehead atoms. The minimum atomic E-state index is 0.176. The van der Waals surface area contributed by atoms with Crippen LogP contribution >= 0.6 is 11.8 Å². The Kier molecular flexibility index (Phi) is 4.97. The molecule has 2 aromatic rings. The molecular weight excluding hydrogens is 346 g/mol. The first kappa shape index (κ1) is 16.8. The molecule has 0 radical (unpaired) electrons. The van der Waals surface area contributed by atoms with E-state index in [1.54, 1.807) is 11.8 Å². The second-order valence-electron chi connectivity index (χ2n) is 6.12. The fourth-order valence-corrected chi connectivity index (χ4v) is 4.00. The third-order valence-electron chi connectivity index (χ3n) is 4.30. The molecule has 26 heavy (non-hydrogen) atoms. The quantitative estimate of drug-likeness (QED) is 0.785. The van der Waals surface area contributed by atoms with Gasteiger partial charge in [-0.15, -0.1) is 0 Å². The fourth-order valence-electron chi connectivity index (χ4n) is 3.00. The van der Waals surface area contributed by atoms with Crippen molar-refractivity contribution in [1.82, 2.24) is 4.90 Å². The number of carbonyl (C=O) groups is 1. The molecule has 4 rings (SSSR count). The van der Waals surface area contributed by atoms with Gasteiger partial charge >= 0.3 is 0 Å². The number of aryl methyl sites for hydroxylation is 1. The van der Waals surface area contributed by atoms with Crippen LogP contribution < -0.4 is 9.47 Å². The zero-order valence-electron chi connectivity index (χ0n) is 14.3. The highest BCUT2D eigenvalue weighted by Crippen LogP contribution is 2.35. The van der Waals surface area contributed by atoms with Gasteiger partial charge in [-0.25, -0.2) is 0 Å². The smallest absolute Gasteiger partial charge is 0.237 e. The minimum absolute atomic E-state index is 0.176. The van der Waals surface area contributed by atoms with Crippen molar-refractivity contribution in [1.29, 1.82) is 0 Å². The Labute approximate surface area is 157 Å². The van der Waals surface area contributed by atoms with Gasteiger partial charge in [0.15, 0.2) is 11.5 Å². The third-order valence-corrected chi connectivity index (χ3v) is 5.33. The normalized spacial score (nSPS) is 17.2. The molecule has 0 saturated carbocycles. The highest BCUT2D eigenvalue weighted by atomic mass is 32.2. The van der Waals surface area contributed by atoms with E-state index in [9.17, 15) is 4.79 Å². The Hall–Kier alpha value is -2.66. The molecule has 0 aromatic heterocycles. The number of benzene rings is 2. The Bertz CT molecular complexity index is 861. The van der Waals surface area contributed by atoms with Crippen molar-refractivity contribution in [2.45, 2.75) is 12.8 Å². The zero-order chi connectivity index (χ0) is 17.8. The first-order valence-corrected chi connectivity index (χ1v) is 9.59. The van der Waals surface area contributed by atoms with E-state index >= 15 is 0 Å². The highest BCUT2D eigenvalue weighted by molar-refractivity contribution is 8.04. The molecule has 1 saturated heterocycles. The topological polar surface area (TPSA) is 38.8 Å². The van der Waals surface area contributed by atoms with E-state index < -0.39 is 0 Å². The molecule has 0 aliphatic carbocycles. The van der Waals surface area contributed by atoms with Gasteiger partial charge in [-0.1, -0.05) is 48.2 Å². The molecule has 2 aromatic carbocycles. The van der Waals surface area contributed by atoms with Gasteiger partial charge in [-0.3, -0.25) is 4.79 Å². The third kappa shape index (κ3) is 3.78. The van der Waals surface area contributed by atoms with Gasteiger partial charge < -0.3 is 14.4 Å². The van der Waals surface area contributed by atoms with E-state index in [1.165, 1.54) is 18.1 Å². The highest BCUT2D eigenvalue weighted by Gasteiger charge is 2.26. The molecule has 2 aliphatic heterocycles. The largest absolute Gasteiger partial charge is 0.458 e. The van der Waals surface area contributed by atoms with E-state index in [4.69, 9.17) is 9.47 Å². The fraction of sp³-hybridized carbons (Fsp3) is 0.190. The monoisotopic (exact) mass is 365 g/mol. The van der Waals surface area contributed by atoms with E-state index in [-0.39, 0.29) is 5.91 Å². The van der Waals surface area contributed by atoms with E-state index in [1.807, 2.05) is 35.2 Å². The molecule has 5 heteroatoms. The maximum absolute atomic E-state index is 12.3. The number of nitrogens with zero attached hydrogens (tertiary/aromatic N) is 1. The minimum Gasteiger partial charge on any atom is -0.458 e. The number of hydrogen-bond acceptors (Lipinski definition) is 4. The van der Waals surface area contributed by atoms with Crippen molar-refractivity contribution in [3.05, 3.63) is 77.2 Å². The van der Waals surface area contributed by atoms with Crippen molar-refractivity contribution in [2.75, 3.05) is 12.3 Å². The standard InChI is InChI=1S/C21H19NO3S/c23-20-15-26-21(22(20)10-4-7-16-5-2-1-3-6-16)14-17-8-9-18-19(13-17)25-12-11-24-18/h1-3,5-6,8-9,11-14H,4,7,10,15H2. The van der Waals surface area contributed by atoms with Gasteiger partial charge in [0.1, 0.15) is 12.5 Å². The van der Waals surface area contributed by atoms with Gasteiger partial charge in [0, 0.05) is 6.54 Å². The van der Waals surface area contributed by atoms with Crippen LogP contribution in [0.5, 0.6) is 11.5 Å². The van der Waals surface area contributed by atoms with E-state index in [0.29, 0.717) is 17.3 Å². The maximum Gasteiger partial charge on any atom is 0.237 e. The summed E-state index contributed by atoms with van der Waals surface area (Å²) in [5.74, 6) is 2.07. The maximum atomic E-state index is 12.3. The average Bonchev–Trinajstić information content (AvgIpc) is 3.02. The second-order valence-corrected chi connectivity index (χ2v) is 7.12. The lowest BCUT2D eigenvalue weighted by Gasteiger charge is -2.17. The Morgan fingerprint density at radius 1 is 1.04 bits per heavy atom. The van der Waals surface area contributed by atoms with Crippen molar-refractivity contribution in [2.24, 2.45) is 0 Å². The van der Waals surface area contributed by atoms with E-state index in [0.717, 1.165) is 30.0 Å². The molecule has 0 atom stereocenters. The number of ether oxygens (including phenoxy) is 2. The van der Waals surface area contributed by atoms with E-state index in [2.05, 4.69) is 24.3 Å². The lowest BCUT2D eigenvalue weighted by molar-refractivity contribution is -0.125. The van der Waals surface area contributed by atoms with Crippen LogP contribution in [0.25, 0.3) is 6.08 Å². The number of carbonyl (C=O) groups excluding carboxylic acids is 1. The number of amides is 1. The molecule has 0 unspecified atom stereocenters. The van der Waals surface area contributed by atoms with Crippen LogP contribution in [0.1, 0.15) is 17.5 Å². The van der Waals surface area contributed by atoms with Crippen LogP contribution in [-0.4, -0.2) is 23.1 Å². The SMILES string of the molecule is O=C1CSC(=Cc2ccc3c(c2)OC=CO3)N1CCCc1ccccc1. The summed E-state index contributed by atoms with van der Waals surface area (Å²) in [5, 5.41) is 0.996. The Morgan fingerprint density at radius 3 is 2.69 bits per heavy atom. The summed E-state index contributed by atoms with van der Waals surface area (Å²) in [4.78, 5) is 14.2. The van der Waals surface area contributed by atoms with Gasteiger partial charge in [-0.2, -0.15) is 0 Å². The summed E-state index contributed by atoms with van der Waals surface area (Å²) in [6, 6.07) is 16.2. The van der Waals surface area contributed by atoms with Gasteiger partial charge in [0.2, 0.25) is 5.91 Å². The molecule has 132 valence electrons. The lowest BCUT2D eigenvalue weighted by atomic mass is 10.1. The van der Waals surface area contributed by atoms with Crippen LogP contribution in [-0.2, 0) is 11.2 Å². The second kappa shape index (κ2) is 7.70. The van der Waals surface area contributed by atoms with Gasteiger partial charge in [-0.05, 0) is 42.2 Å². The average molecular weight is 365 g/mol. The van der Waals surface area contributed by atoms with Crippen LogP contribution in [0.4, 0.5) is 0 Å². The summed E-state index contributed by atoms with van der Waals surface area (Å²) < 4.78 is 10.9. The molecule has 0 N–H and O–H groups in total. The lowest BCUT2D eigenvalue weighted by Crippen LogP contribution is -2.25. The number of fused-ring (bicyclic) bond motifs is 1. The Morgan fingerprint density at radius 2 is 1.85 bits per heavy atom. The van der Waals surface area contributed by atoms with Crippen molar-refractivity contribution in [3.8, 4) is 11.5 Å². The Balaban J connectivity index is 1.45. The van der Waals surface area contributed by atoms with Crippen molar-refractivity contribution in [3.63, 3.8) is 0 Å². The molecule has 0 spiro atoms. The van der Waals surface area contributed by atoms with Gasteiger partial charge in [0.05, 0.1) is 10.8 Å². The first-order chi connectivity index (χ1) is 12.8. The molecule has 4 nitrogen and oxygen atoms in total. The van der Waals surface area contributed by atoms with Crippen molar-refractivity contribution >= 4 is 23.7 Å². The number of hydrogen-bond donors (Lipinski definition) is 0. The molecule has 2 aliphatic rings.